The van der Waals surface area contributed by atoms with E-state index in [0.29, 0.717) is 25.3 Å². The van der Waals surface area contributed by atoms with E-state index in [1.807, 2.05) is 19.6 Å². The molecule has 0 aromatic carbocycles. The van der Waals surface area contributed by atoms with Crippen molar-refractivity contribution >= 4 is 25.2 Å². The molecule has 0 fully saturated rings. The van der Waals surface area contributed by atoms with Gasteiger partial charge in [0.2, 0.25) is 0 Å². The molecule has 47 heavy (non-hydrogen) atoms. The number of halogens is 13. The lowest BCUT2D eigenvalue weighted by atomic mass is 9.93. The Morgan fingerprint density at radius 1 is 0.574 bits per heavy atom. The molecule has 0 saturated carbocycles. The van der Waals surface area contributed by atoms with E-state index in [0.717, 1.165) is 6.04 Å². The van der Waals surface area contributed by atoms with E-state index in [4.69, 9.17) is 22.4 Å². The maximum absolute atomic E-state index is 14.1. The van der Waals surface area contributed by atoms with E-state index in [1.54, 1.807) is 0 Å². The van der Waals surface area contributed by atoms with Crippen LogP contribution in [0, 0.1) is 5.92 Å². The zero-order valence-electron chi connectivity index (χ0n) is 28.0. The summed E-state index contributed by atoms with van der Waals surface area (Å²) in [5.74, 6) is -36.9. The van der Waals surface area contributed by atoms with E-state index in [9.17, 15) is 57.1 Å². The molecule has 2 atom stereocenters. The highest BCUT2D eigenvalue weighted by Crippen LogP contribution is 2.60. The first-order chi connectivity index (χ1) is 20.8. The lowest BCUT2D eigenvalue weighted by molar-refractivity contribution is -0.440. The van der Waals surface area contributed by atoms with Gasteiger partial charge in [0.25, 0.3) is 0 Å². The lowest BCUT2D eigenvalue weighted by Gasteiger charge is -2.39. The summed E-state index contributed by atoms with van der Waals surface area (Å²) < 4.78 is 201. The molecule has 0 N–H and O–H groups in total. The molecule has 0 amide bonds. The van der Waals surface area contributed by atoms with Crippen LogP contribution < -0.4 is 0 Å². The van der Waals surface area contributed by atoms with Gasteiger partial charge in [-0.05, 0) is 51.2 Å². The summed E-state index contributed by atoms with van der Waals surface area (Å²) in [5.41, 5.74) is 0. The maximum Gasteiger partial charge on any atom is 0.500 e. The highest BCUT2D eigenvalue weighted by Gasteiger charge is 2.90. The molecule has 0 aliphatic heterocycles. The number of hydrogen-bond donors (Lipinski definition) is 0. The molecule has 0 saturated heterocycles. The smallest absolute Gasteiger partial charge is 0.414 e. The van der Waals surface area contributed by atoms with E-state index in [1.165, 1.54) is 21.3 Å². The average molecular weight is 771 g/mol. The first kappa shape index (κ1) is 46.5. The van der Waals surface area contributed by atoms with Crippen LogP contribution in [0.15, 0.2) is 0 Å². The van der Waals surface area contributed by atoms with Crippen molar-refractivity contribution in [3.05, 3.63) is 0 Å². The van der Waals surface area contributed by atoms with Gasteiger partial charge >= 0.3 is 44.6 Å². The molecule has 284 valence electrons. The minimum atomic E-state index is -7.91. The summed E-state index contributed by atoms with van der Waals surface area (Å²) in [6.07, 6.45) is -8.41. The van der Waals surface area contributed by atoms with Gasteiger partial charge in [0.05, 0.1) is 6.61 Å². The van der Waals surface area contributed by atoms with Crippen LogP contribution in [0.5, 0.6) is 0 Å². The molecule has 0 aromatic rings. The van der Waals surface area contributed by atoms with Gasteiger partial charge in [0, 0.05) is 54.6 Å². The second-order valence-corrected chi connectivity index (χ2v) is 26.6. The topological polar surface area (TPSA) is 46.2 Å². The van der Waals surface area contributed by atoms with E-state index in [2.05, 4.69) is 19.6 Å². The van der Waals surface area contributed by atoms with Gasteiger partial charge < -0.3 is 22.4 Å². The van der Waals surface area contributed by atoms with Crippen LogP contribution >= 0.6 is 0 Å². The zero-order valence-corrected chi connectivity index (χ0v) is 31.0. The van der Waals surface area contributed by atoms with Gasteiger partial charge in [-0.15, -0.1) is 0 Å². The summed E-state index contributed by atoms with van der Waals surface area (Å²) in [4.78, 5) is 0. The average Bonchev–Trinajstić information content (AvgIpc) is 2.89. The Bertz CT molecular complexity index is 931. The first-order valence-corrected chi connectivity index (χ1v) is 23.7. The van der Waals surface area contributed by atoms with Crippen molar-refractivity contribution < 1.29 is 79.5 Å². The fraction of sp³-hybridized carbons (Fsp3) is 1.00. The zero-order chi connectivity index (χ0) is 37.6. The molecule has 0 aliphatic rings. The van der Waals surface area contributed by atoms with Gasteiger partial charge in [0.15, 0.2) is 8.32 Å². The van der Waals surface area contributed by atoms with E-state index >= 15 is 0 Å². The summed E-state index contributed by atoms with van der Waals surface area (Å²) in [6.45, 7) is 10.5. The Hall–Kier alpha value is -0.459. The summed E-state index contributed by atoms with van der Waals surface area (Å²) in [7, 11) is -2.26. The van der Waals surface area contributed by atoms with Gasteiger partial charge in [0.1, 0.15) is 0 Å². The Morgan fingerprint density at radius 3 is 1.45 bits per heavy atom. The highest BCUT2D eigenvalue weighted by atomic mass is 28.4. The Labute approximate surface area is 270 Å². The van der Waals surface area contributed by atoms with E-state index < -0.39 is 80.6 Å². The molecule has 0 spiro atoms. The Kier molecular flexibility index (Phi) is 16.5. The lowest BCUT2D eigenvalue weighted by Crippen LogP contribution is -2.70. The van der Waals surface area contributed by atoms with Crippen molar-refractivity contribution in [2.45, 2.75) is 125 Å². The third-order valence-corrected chi connectivity index (χ3v) is 12.8. The third kappa shape index (κ3) is 12.1. The van der Waals surface area contributed by atoms with Gasteiger partial charge in [-0.1, -0.05) is 25.7 Å². The van der Waals surface area contributed by atoms with Crippen molar-refractivity contribution in [1.82, 2.24) is 0 Å². The second-order valence-electron chi connectivity index (χ2n) is 13.5. The number of rotatable bonds is 23. The van der Waals surface area contributed by atoms with Crippen molar-refractivity contribution in [2.75, 3.05) is 34.5 Å². The van der Waals surface area contributed by atoms with E-state index in [-0.39, 0.29) is 18.4 Å². The summed E-state index contributed by atoms with van der Waals surface area (Å²) in [5, 5.41) is 0. The maximum atomic E-state index is 14.1. The minimum absolute atomic E-state index is 0.0208. The predicted molar refractivity (Wildman–Crippen MR) is 156 cm³/mol. The van der Waals surface area contributed by atoms with Crippen LogP contribution in [0.3, 0.4) is 0 Å². The van der Waals surface area contributed by atoms with Crippen LogP contribution in [0.25, 0.3) is 0 Å². The molecule has 0 heterocycles. The molecular weight excluding hydrogens is 724 g/mol. The minimum Gasteiger partial charge on any atom is -0.414 e. The molecular formula is C26H47F13O5Si3. The van der Waals surface area contributed by atoms with Crippen LogP contribution in [0.2, 0.25) is 51.4 Å². The number of alkyl halides is 13. The van der Waals surface area contributed by atoms with Crippen LogP contribution in [-0.4, -0.2) is 102 Å². The standard InChI is InChI=1S/C26H47F13O5Si3/c1-40-47(41-2,42-3)17-11-12-19(18-45(4,5)6)20(44-46(7,8)9)13-10-15-43-16-14-21(27,28)22(29,30)23(31,32)24(33,34)25(35,36)26(37,38)39/h19-20H,10-18H2,1-9H3. The fourth-order valence-electron chi connectivity index (χ4n) is 4.84. The van der Waals surface area contributed by atoms with Crippen molar-refractivity contribution in [2.24, 2.45) is 5.92 Å². The summed E-state index contributed by atoms with van der Waals surface area (Å²) in [6, 6.07) is 1.34. The van der Waals surface area contributed by atoms with Crippen molar-refractivity contribution in [1.29, 1.82) is 0 Å². The molecule has 0 aromatic heterocycles. The first-order valence-electron chi connectivity index (χ1n) is 14.7. The van der Waals surface area contributed by atoms with Crippen molar-refractivity contribution in [3.8, 4) is 0 Å². The largest absolute Gasteiger partial charge is 0.500 e. The molecule has 0 aliphatic carbocycles. The predicted octanol–water partition coefficient (Wildman–Crippen LogP) is 9.74. The molecule has 0 rings (SSSR count). The van der Waals surface area contributed by atoms with Crippen LogP contribution in [0.1, 0.15) is 32.1 Å². The van der Waals surface area contributed by atoms with Gasteiger partial charge in [-0.2, -0.15) is 57.1 Å². The van der Waals surface area contributed by atoms with Crippen molar-refractivity contribution in [3.63, 3.8) is 0 Å². The third-order valence-electron chi connectivity index (χ3n) is 7.23. The second kappa shape index (κ2) is 16.7. The normalized spacial score (nSPS) is 16.5. The highest BCUT2D eigenvalue weighted by molar-refractivity contribution is 6.76. The SMILES string of the molecule is CO[Si](CCCC(C[Si](C)(C)C)C(CCCOCCC(F)(F)C(F)(F)C(F)(F)C(F)(F)C(F)(F)C(F)(F)F)O[Si](C)(C)C)(OC)OC. The molecule has 5 nitrogen and oxygen atoms in total. The van der Waals surface area contributed by atoms with Gasteiger partial charge in [-0.3, -0.25) is 0 Å². The molecule has 2 unspecified atom stereocenters. The van der Waals surface area contributed by atoms with Crippen LogP contribution in [0.4, 0.5) is 57.1 Å². The molecule has 21 heteroatoms. The Balaban J connectivity index is 5.62. The molecule has 0 bridgehead atoms. The quantitative estimate of drug-likeness (QED) is 0.0589. The fourth-order valence-corrected chi connectivity index (χ4v) is 9.84. The number of hydrogen-bond acceptors (Lipinski definition) is 5. The number of ether oxygens (including phenoxy) is 1. The Morgan fingerprint density at radius 2 is 1.04 bits per heavy atom. The van der Waals surface area contributed by atoms with Crippen LogP contribution in [-0.2, 0) is 22.4 Å². The summed E-state index contributed by atoms with van der Waals surface area (Å²) >= 11 is 0. The van der Waals surface area contributed by atoms with Gasteiger partial charge in [-0.25, -0.2) is 0 Å². The monoisotopic (exact) mass is 770 g/mol. The molecule has 0 radical (unpaired) electrons.